The van der Waals surface area contributed by atoms with Gasteiger partial charge in [0.1, 0.15) is 0 Å². The summed E-state index contributed by atoms with van der Waals surface area (Å²) >= 11 is 0. The van der Waals surface area contributed by atoms with Crippen molar-refractivity contribution >= 4 is 11.6 Å². The van der Waals surface area contributed by atoms with Crippen LogP contribution in [0.2, 0.25) is 0 Å². The minimum Gasteiger partial charge on any atom is -0.398 e. The molecule has 1 aromatic carbocycles. The predicted octanol–water partition coefficient (Wildman–Crippen LogP) is 2.98. The van der Waals surface area contributed by atoms with Gasteiger partial charge < -0.3 is 10.6 Å². The monoisotopic (exact) mass is 246 g/mol. The number of hydrogen-bond acceptors (Lipinski definition) is 2. The van der Waals surface area contributed by atoms with E-state index in [0.29, 0.717) is 17.3 Å². The number of nitrogen functional groups attached to an aromatic ring is 1. The molecule has 0 aliphatic heterocycles. The summed E-state index contributed by atoms with van der Waals surface area (Å²) < 4.78 is 0. The molecule has 3 heteroatoms. The zero-order valence-electron chi connectivity index (χ0n) is 11.3. The van der Waals surface area contributed by atoms with Crippen LogP contribution >= 0.6 is 0 Å². The van der Waals surface area contributed by atoms with Gasteiger partial charge in [-0.05, 0) is 37.5 Å². The maximum atomic E-state index is 12.4. The third kappa shape index (κ3) is 2.66. The van der Waals surface area contributed by atoms with Crippen molar-refractivity contribution in [2.75, 3.05) is 12.8 Å². The van der Waals surface area contributed by atoms with E-state index in [1.165, 1.54) is 19.3 Å². The molecule has 1 saturated carbocycles. The number of rotatable bonds is 2. The molecule has 3 nitrogen and oxygen atoms in total. The second-order valence-corrected chi connectivity index (χ2v) is 5.28. The van der Waals surface area contributed by atoms with Crippen molar-refractivity contribution in [2.24, 2.45) is 0 Å². The molecule has 0 saturated heterocycles. The Morgan fingerprint density at radius 3 is 2.56 bits per heavy atom. The van der Waals surface area contributed by atoms with Crippen LogP contribution in [-0.4, -0.2) is 23.9 Å². The standard InChI is InChI=1S/C15H22N2O/c1-11-8-9-12(10-14(11)16)15(18)17(2)13-6-4-3-5-7-13/h8-10,13H,3-7,16H2,1-2H3. The molecule has 0 atom stereocenters. The highest BCUT2D eigenvalue weighted by molar-refractivity contribution is 5.95. The molecule has 98 valence electrons. The summed E-state index contributed by atoms with van der Waals surface area (Å²) in [7, 11) is 1.91. The number of carbonyl (C=O) groups is 1. The number of amides is 1. The third-order valence-electron chi connectivity index (χ3n) is 3.97. The molecule has 1 fully saturated rings. The highest BCUT2D eigenvalue weighted by Crippen LogP contribution is 2.23. The molecule has 1 aliphatic rings. The number of nitrogens with two attached hydrogens (primary N) is 1. The van der Waals surface area contributed by atoms with Crippen LogP contribution in [0.25, 0.3) is 0 Å². The smallest absolute Gasteiger partial charge is 0.253 e. The summed E-state index contributed by atoms with van der Waals surface area (Å²) in [4.78, 5) is 14.3. The Hall–Kier alpha value is -1.51. The van der Waals surface area contributed by atoms with Crippen molar-refractivity contribution in [3.63, 3.8) is 0 Å². The highest BCUT2D eigenvalue weighted by atomic mass is 16.2. The summed E-state index contributed by atoms with van der Waals surface area (Å²) in [5, 5.41) is 0. The van der Waals surface area contributed by atoms with E-state index in [1.54, 1.807) is 6.07 Å². The molecule has 1 amide bonds. The molecule has 0 aromatic heterocycles. The van der Waals surface area contributed by atoms with E-state index in [1.807, 2.05) is 31.0 Å². The molecule has 2 rings (SSSR count). The average Bonchev–Trinajstić information content (AvgIpc) is 2.41. The van der Waals surface area contributed by atoms with Crippen molar-refractivity contribution in [3.05, 3.63) is 29.3 Å². The fraction of sp³-hybridized carbons (Fsp3) is 0.533. The molecule has 2 N–H and O–H groups in total. The van der Waals surface area contributed by atoms with Gasteiger partial charge in [0.15, 0.2) is 0 Å². The molecular formula is C15H22N2O. The van der Waals surface area contributed by atoms with Gasteiger partial charge in [-0.2, -0.15) is 0 Å². The van der Waals surface area contributed by atoms with Crippen LogP contribution in [0.3, 0.4) is 0 Å². The highest BCUT2D eigenvalue weighted by Gasteiger charge is 2.23. The number of carbonyl (C=O) groups excluding carboxylic acids is 1. The fourth-order valence-corrected chi connectivity index (χ4v) is 2.61. The molecule has 0 radical (unpaired) electrons. The number of anilines is 1. The zero-order chi connectivity index (χ0) is 13.1. The summed E-state index contributed by atoms with van der Waals surface area (Å²) in [6.45, 7) is 1.95. The maximum Gasteiger partial charge on any atom is 0.253 e. The topological polar surface area (TPSA) is 46.3 Å². The summed E-state index contributed by atoms with van der Waals surface area (Å²) in [5.41, 5.74) is 8.28. The van der Waals surface area contributed by atoms with E-state index in [-0.39, 0.29) is 5.91 Å². The van der Waals surface area contributed by atoms with Crippen LogP contribution < -0.4 is 5.73 Å². The van der Waals surface area contributed by atoms with E-state index < -0.39 is 0 Å². The SMILES string of the molecule is Cc1ccc(C(=O)N(C)C2CCCCC2)cc1N. The Morgan fingerprint density at radius 1 is 1.28 bits per heavy atom. The van der Waals surface area contributed by atoms with Gasteiger partial charge in [0.25, 0.3) is 5.91 Å². The van der Waals surface area contributed by atoms with E-state index >= 15 is 0 Å². The van der Waals surface area contributed by atoms with Gasteiger partial charge in [0.2, 0.25) is 0 Å². The Morgan fingerprint density at radius 2 is 1.94 bits per heavy atom. The van der Waals surface area contributed by atoms with Crippen LogP contribution in [0.1, 0.15) is 48.0 Å². The molecule has 0 unspecified atom stereocenters. The predicted molar refractivity (Wildman–Crippen MR) is 74.6 cm³/mol. The van der Waals surface area contributed by atoms with Gasteiger partial charge in [-0.1, -0.05) is 25.3 Å². The van der Waals surface area contributed by atoms with Crippen LogP contribution in [0.5, 0.6) is 0 Å². The number of aryl methyl sites for hydroxylation is 1. The molecule has 1 aromatic rings. The van der Waals surface area contributed by atoms with Gasteiger partial charge in [-0.15, -0.1) is 0 Å². The third-order valence-corrected chi connectivity index (χ3v) is 3.97. The van der Waals surface area contributed by atoms with Crippen LogP contribution in [0, 0.1) is 6.92 Å². The zero-order valence-corrected chi connectivity index (χ0v) is 11.3. The lowest BCUT2D eigenvalue weighted by Gasteiger charge is -2.31. The van der Waals surface area contributed by atoms with E-state index in [4.69, 9.17) is 5.73 Å². The van der Waals surface area contributed by atoms with Gasteiger partial charge in [-0.3, -0.25) is 4.79 Å². The first-order valence-corrected chi connectivity index (χ1v) is 6.73. The molecular weight excluding hydrogens is 224 g/mol. The van der Waals surface area contributed by atoms with Crippen LogP contribution in [0.15, 0.2) is 18.2 Å². The first-order valence-electron chi connectivity index (χ1n) is 6.73. The second kappa shape index (κ2) is 5.42. The van der Waals surface area contributed by atoms with Gasteiger partial charge in [0.05, 0.1) is 0 Å². The molecule has 1 aliphatic carbocycles. The van der Waals surface area contributed by atoms with Gasteiger partial charge in [-0.25, -0.2) is 0 Å². The maximum absolute atomic E-state index is 12.4. The summed E-state index contributed by atoms with van der Waals surface area (Å²) in [6.07, 6.45) is 6.03. The van der Waals surface area contributed by atoms with Crippen molar-refractivity contribution in [1.82, 2.24) is 4.90 Å². The number of benzene rings is 1. The lowest BCUT2D eigenvalue weighted by atomic mass is 9.94. The minimum absolute atomic E-state index is 0.0913. The Bertz CT molecular complexity index is 436. The van der Waals surface area contributed by atoms with E-state index in [9.17, 15) is 4.79 Å². The average molecular weight is 246 g/mol. The minimum atomic E-state index is 0.0913. The largest absolute Gasteiger partial charge is 0.398 e. The molecule has 0 bridgehead atoms. The number of nitrogens with zero attached hydrogens (tertiary/aromatic N) is 1. The molecule has 0 heterocycles. The lowest BCUT2D eigenvalue weighted by Crippen LogP contribution is -2.38. The van der Waals surface area contributed by atoms with Crippen LogP contribution in [-0.2, 0) is 0 Å². The normalized spacial score (nSPS) is 16.6. The van der Waals surface area contributed by atoms with Crippen molar-refractivity contribution in [2.45, 2.75) is 45.1 Å². The van der Waals surface area contributed by atoms with Gasteiger partial charge in [0, 0.05) is 24.3 Å². The molecule has 0 spiro atoms. The lowest BCUT2D eigenvalue weighted by molar-refractivity contribution is 0.0696. The number of hydrogen-bond donors (Lipinski definition) is 1. The quantitative estimate of drug-likeness (QED) is 0.815. The Kier molecular flexibility index (Phi) is 3.90. The summed E-state index contributed by atoms with van der Waals surface area (Å²) in [6, 6.07) is 5.97. The fourth-order valence-electron chi connectivity index (χ4n) is 2.61. The first kappa shape index (κ1) is 12.9. The van der Waals surface area contributed by atoms with Crippen molar-refractivity contribution in [3.8, 4) is 0 Å². The van der Waals surface area contributed by atoms with Crippen molar-refractivity contribution in [1.29, 1.82) is 0 Å². The Labute approximate surface area is 109 Å². The van der Waals surface area contributed by atoms with E-state index in [2.05, 4.69) is 0 Å². The van der Waals surface area contributed by atoms with E-state index in [0.717, 1.165) is 18.4 Å². The Balaban J connectivity index is 2.11. The van der Waals surface area contributed by atoms with Crippen LogP contribution in [0.4, 0.5) is 5.69 Å². The summed E-state index contributed by atoms with van der Waals surface area (Å²) in [5.74, 6) is 0.0913. The molecule has 18 heavy (non-hydrogen) atoms. The second-order valence-electron chi connectivity index (χ2n) is 5.28. The van der Waals surface area contributed by atoms with Gasteiger partial charge >= 0.3 is 0 Å². The first-order chi connectivity index (χ1) is 8.59. The van der Waals surface area contributed by atoms with Crippen molar-refractivity contribution < 1.29 is 4.79 Å².